The molecule has 1 aliphatic rings. The molecule has 0 N–H and O–H groups in total. The average Bonchev–Trinajstić information content (AvgIpc) is 2.85. The van der Waals surface area contributed by atoms with Crippen molar-refractivity contribution in [1.82, 2.24) is 4.90 Å². The summed E-state index contributed by atoms with van der Waals surface area (Å²) in [5, 5.41) is 0.550. The van der Waals surface area contributed by atoms with E-state index in [4.69, 9.17) is 9.15 Å². The lowest BCUT2D eigenvalue weighted by Gasteiger charge is -2.36. The minimum absolute atomic E-state index is 0.0319. The van der Waals surface area contributed by atoms with Crippen molar-refractivity contribution in [3.63, 3.8) is 0 Å². The normalized spacial score (nSPS) is 14.5. The minimum Gasteiger partial charge on any atom is -0.492 e. The Balaban J connectivity index is 1.20. The molecule has 0 saturated carbocycles. The quantitative estimate of drug-likeness (QED) is 0.402. The second-order valence-electron chi connectivity index (χ2n) is 8.54. The van der Waals surface area contributed by atoms with Crippen molar-refractivity contribution in [2.24, 2.45) is 0 Å². The Morgan fingerprint density at radius 2 is 1.68 bits per heavy atom. The first-order valence-electron chi connectivity index (χ1n) is 11.6. The maximum Gasteiger partial charge on any atom is 0.200 e. The number of halogens is 1. The molecule has 3 aromatic carbocycles. The Bertz CT molecular complexity index is 1330. The van der Waals surface area contributed by atoms with Crippen LogP contribution in [0, 0.1) is 12.7 Å². The summed E-state index contributed by atoms with van der Waals surface area (Å²) < 4.78 is 25.1. The molecule has 6 heteroatoms. The monoisotopic (exact) mass is 458 g/mol. The van der Waals surface area contributed by atoms with Gasteiger partial charge in [-0.1, -0.05) is 30.3 Å². The third-order valence-corrected chi connectivity index (χ3v) is 6.34. The van der Waals surface area contributed by atoms with Crippen LogP contribution in [0.3, 0.4) is 0 Å². The number of piperazine rings is 1. The zero-order valence-electron chi connectivity index (χ0n) is 19.2. The van der Waals surface area contributed by atoms with Gasteiger partial charge in [-0.2, -0.15) is 0 Å². The molecule has 34 heavy (non-hydrogen) atoms. The van der Waals surface area contributed by atoms with Crippen molar-refractivity contribution in [2.45, 2.75) is 6.92 Å². The van der Waals surface area contributed by atoms with Gasteiger partial charge in [-0.3, -0.25) is 9.69 Å². The molecule has 4 aromatic rings. The van der Waals surface area contributed by atoms with Crippen molar-refractivity contribution in [1.29, 1.82) is 0 Å². The number of ether oxygens (including phenoxy) is 1. The topological polar surface area (TPSA) is 45.9 Å². The van der Waals surface area contributed by atoms with Gasteiger partial charge >= 0.3 is 0 Å². The predicted octanol–water partition coefficient (Wildman–Crippen LogP) is 5.11. The van der Waals surface area contributed by atoms with E-state index < -0.39 is 0 Å². The van der Waals surface area contributed by atoms with Gasteiger partial charge in [-0.25, -0.2) is 4.39 Å². The fourth-order valence-corrected chi connectivity index (χ4v) is 4.49. The molecule has 174 valence electrons. The Morgan fingerprint density at radius 3 is 2.41 bits per heavy atom. The largest absolute Gasteiger partial charge is 0.492 e. The molecular formula is C28H27FN2O3. The average molecular weight is 459 g/mol. The number of benzene rings is 3. The van der Waals surface area contributed by atoms with Crippen LogP contribution in [0.25, 0.3) is 22.1 Å². The van der Waals surface area contributed by atoms with Crippen molar-refractivity contribution < 1.29 is 13.5 Å². The molecule has 0 spiro atoms. The summed E-state index contributed by atoms with van der Waals surface area (Å²) >= 11 is 0. The van der Waals surface area contributed by atoms with Crippen LogP contribution in [0.2, 0.25) is 0 Å². The van der Waals surface area contributed by atoms with Gasteiger partial charge in [0.2, 0.25) is 5.43 Å². The van der Waals surface area contributed by atoms with Crippen LogP contribution >= 0.6 is 0 Å². The van der Waals surface area contributed by atoms with Crippen molar-refractivity contribution in [3.8, 4) is 16.9 Å². The zero-order chi connectivity index (χ0) is 23.5. The Kier molecular flexibility index (Phi) is 6.32. The maximum atomic E-state index is 13.1. The van der Waals surface area contributed by atoms with Crippen LogP contribution in [-0.4, -0.2) is 44.2 Å². The summed E-state index contributed by atoms with van der Waals surface area (Å²) in [5.74, 6) is 1.08. The lowest BCUT2D eigenvalue weighted by molar-refractivity contribution is 0.200. The first-order valence-corrected chi connectivity index (χ1v) is 11.6. The van der Waals surface area contributed by atoms with Gasteiger partial charge in [0.05, 0.1) is 10.9 Å². The lowest BCUT2D eigenvalue weighted by atomic mass is 10.0. The highest BCUT2D eigenvalue weighted by atomic mass is 19.1. The number of fused-ring (bicyclic) bond motifs is 1. The molecule has 2 heterocycles. The number of aryl methyl sites for hydroxylation is 1. The molecule has 5 rings (SSSR count). The van der Waals surface area contributed by atoms with E-state index in [1.165, 1.54) is 12.1 Å². The van der Waals surface area contributed by atoms with Gasteiger partial charge in [0.25, 0.3) is 0 Å². The molecular weight excluding hydrogens is 431 g/mol. The van der Waals surface area contributed by atoms with E-state index >= 15 is 0 Å². The number of hydrogen-bond donors (Lipinski definition) is 0. The smallest absolute Gasteiger partial charge is 0.200 e. The van der Waals surface area contributed by atoms with Crippen LogP contribution in [0.15, 0.2) is 82.0 Å². The summed E-state index contributed by atoms with van der Waals surface area (Å²) in [5.41, 5.74) is 3.01. The van der Waals surface area contributed by atoms with E-state index in [0.717, 1.165) is 44.0 Å². The fraction of sp³-hybridized carbons (Fsp3) is 0.250. The van der Waals surface area contributed by atoms with Gasteiger partial charge in [0, 0.05) is 44.5 Å². The van der Waals surface area contributed by atoms with Crippen LogP contribution in [-0.2, 0) is 0 Å². The Labute approximate surface area is 198 Å². The summed E-state index contributed by atoms with van der Waals surface area (Å²) in [6, 6.07) is 21.7. The van der Waals surface area contributed by atoms with E-state index in [1.54, 1.807) is 12.1 Å². The summed E-state index contributed by atoms with van der Waals surface area (Å²) in [7, 11) is 0. The molecule has 1 fully saturated rings. The SMILES string of the molecule is Cc1oc2cc(OCCN3CCN(c4ccc(F)cc4)CC3)ccc2c(=O)c1-c1ccccc1. The molecule has 0 amide bonds. The zero-order valence-corrected chi connectivity index (χ0v) is 19.2. The van der Waals surface area contributed by atoms with Crippen molar-refractivity contribution >= 4 is 16.7 Å². The molecule has 0 unspecified atom stereocenters. The van der Waals surface area contributed by atoms with Crippen LogP contribution < -0.4 is 15.1 Å². The van der Waals surface area contributed by atoms with Gasteiger partial charge < -0.3 is 14.1 Å². The first-order chi connectivity index (χ1) is 16.6. The molecule has 1 aliphatic heterocycles. The van der Waals surface area contributed by atoms with E-state index in [-0.39, 0.29) is 11.2 Å². The number of hydrogen-bond acceptors (Lipinski definition) is 5. The van der Waals surface area contributed by atoms with Crippen LogP contribution in [0.5, 0.6) is 5.75 Å². The third-order valence-electron chi connectivity index (χ3n) is 6.34. The van der Waals surface area contributed by atoms with E-state index in [0.29, 0.717) is 34.6 Å². The Morgan fingerprint density at radius 1 is 0.941 bits per heavy atom. The van der Waals surface area contributed by atoms with E-state index in [1.807, 2.05) is 55.5 Å². The molecule has 1 aromatic heterocycles. The number of rotatable bonds is 6. The molecule has 0 bridgehead atoms. The highest BCUT2D eigenvalue weighted by Crippen LogP contribution is 2.26. The molecule has 1 saturated heterocycles. The minimum atomic E-state index is -0.209. The summed E-state index contributed by atoms with van der Waals surface area (Å²) in [6.07, 6.45) is 0. The second-order valence-corrected chi connectivity index (χ2v) is 8.54. The van der Waals surface area contributed by atoms with Gasteiger partial charge in [-0.05, 0) is 48.9 Å². The lowest BCUT2D eigenvalue weighted by Crippen LogP contribution is -2.47. The first kappa shape index (κ1) is 22.2. The highest BCUT2D eigenvalue weighted by Gasteiger charge is 2.18. The van der Waals surface area contributed by atoms with Crippen LogP contribution in [0.4, 0.5) is 10.1 Å². The van der Waals surface area contributed by atoms with E-state index in [9.17, 15) is 9.18 Å². The Hall–Kier alpha value is -3.64. The van der Waals surface area contributed by atoms with E-state index in [2.05, 4.69) is 9.80 Å². The summed E-state index contributed by atoms with van der Waals surface area (Å²) in [6.45, 7) is 6.83. The molecule has 0 radical (unpaired) electrons. The molecule has 0 aliphatic carbocycles. The maximum absolute atomic E-state index is 13.1. The fourth-order valence-electron chi connectivity index (χ4n) is 4.49. The van der Waals surface area contributed by atoms with Crippen LogP contribution in [0.1, 0.15) is 5.76 Å². The second kappa shape index (κ2) is 9.69. The third kappa shape index (κ3) is 4.68. The predicted molar refractivity (Wildman–Crippen MR) is 133 cm³/mol. The molecule has 0 atom stereocenters. The van der Waals surface area contributed by atoms with Crippen molar-refractivity contribution in [2.75, 3.05) is 44.2 Å². The summed E-state index contributed by atoms with van der Waals surface area (Å²) in [4.78, 5) is 17.7. The van der Waals surface area contributed by atoms with Crippen molar-refractivity contribution in [3.05, 3.63) is 94.6 Å². The van der Waals surface area contributed by atoms with Gasteiger partial charge in [0.1, 0.15) is 29.5 Å². The molecule has 5 nitrogen and oxygen atoms in total. The number of anilines is 1. The standard InChI is InChI=1S/C28H27FN2O3/c1-20-27(21-5-3-2-4-6-21)28(32)25-12-11-24(19-26(25)34-20)33-18-17-30-13-15-31(16-14-30)23-9-7-22(29)8-10-23/h2-12,19H,13-18H2,1H3. The number of nitrogens with zero attached hydrogens (tertiary/aromatic N) is 2. The van der Waals surface area contributed by atoms with Gasteiger partial charge in [-0.15, -0.1) is 0 Å². The van der Waals surface area contributed by atoms with Gasteiger partial charge in [0.15, 0.2) is 0 Å². The highest BCUT2D eigenvalue weighted by molar-refractivity contribution is 5.83.